The van der Waals surface area contributed by atoms with Crippen LogP contribution in [0.1, 0.15) is 17.3 Å². The zero-order chi connectivity index (χ0) is 13.3. The van der Waals surface area contributed by atoms with Crippen LogP contribution in [0.25, 0.3) is 0 Å². The van der Waals surface area contributed by atoms with E-state index in [9.17, 15) is 18.0 Å². The molecule has 0 saturated carbocycles. The predicted octanol–water partition coefficient (Wildman–Crippen LogP) is 1.96. The highest BCUT2D eigenvalue weighted by Crippen LogP contribution is 2.16. The fourth-order valence-corrected chi connectivity index (χ4v) is 1.98. The highest BCUT2D eigenvalue weighted by molar-refractivity contribution is 5.94. The Kier molecular flexibility index (Phi) is 5.20. The van der Waals surface area contributed by atoms with Gasteiger partial charge >= 0.3 is 0 Å². The normalized spacial score (nSPS) is 18.9. The summed E-state index contributed by atoms with van der Waals surface area (Å²) >= 11 is 0. The van der Waals surface area contributed by atoms with E-state index in [4.69, 9.17) is 0 Å². The fourth-order valence-electron chi connectivity index (χ4n) is 1.98. The third-order valence-electron chi connectivity index (χ3n) is 2.89. The third-order valence-corrected chi connectivity index (χ3v) is 2.89. The molecule has 0 radical (unpaired) electrons. The number of hydrogen-bond donors (Lipinski definition) is 1. The van der Waals surface area contributed by atoms with Crippen LogP contribution in [0.15, 0.2) is 12.1 Å². The second-order valence-electron chi connectivity index (χ2n) is 4.36. The van der Waals surface area contributed by atoms with Gasteiger partial charge < -0.3 is 10.2 Å². The Balaban J connectivity index is 0.00000180. The lowest BCUT2D eigenvalue weighted by atomic mass is 10.1. The van der Waals surface area contributed by atoms with Crippen molar-refractivity contribution in [3.05, 3.63) is 35.1 Å². The summed E-state index contributed by atoms with van der Waals surface area (Å²) in [6.07, 6.45) is 0. The molecule has 1 aromatic rings. The van der Waals surface area contributed by atoms with Gasteiger partial charge in [-0.15, -0.1) is 12.4 Å². The van der Waals surface area contributed by atoms with Crippen molar-refractivity contribution >= 4 is 18.3 Å². The van der Waals surface area contributed by atoms with Gasteiger partial charge in [-0.05, 0) is 19.1 Å². The SMILES string of the molecule is CC1CN(C(=O)c2cc(F)c(F)c(F)c2)CCN1.Cl. The molecule has 106 valence electrons. The van der Waals surface area contributed by atoms with E-state index in [1.807, 2.05) is 6.92 Å². The third kappa shape index (κ3) is 3.39. The van der Waals surface area contributed by atoms with Crippen LogP contribution in [0.5, 0.6) is 0 Å². The van der Waals surface area contributed by atoms with Gasteiger partial charge in [-0.3, -0.25) is 4.79 Å². The summed E-state index contributed by atoms with van der Waals surface area (Å²) in [6.45, 7) is 3.45. The number of amides is 1. The van der Waals surface area contributed by atoms with Crippen molar-refractivity contribution < 1.29 is 18.0 Å². The monoisotopic (exact) mass is 294 g/mol. The van der Waals surface area contributed by atoms with Crippen LogP contribution in [-0.4, -0.2) is 36.5 Å². The summed E-state index contributed by atoms with van der Waals surface area (Å²) in [7, 11) is 0. The first-order valence-electron chi connectivity index (χ1n) is 5.66. The lowest BCUT2D eigenvalue weighted by molar-refractivity contribution is 0.0708. The van der Waals surface area contributed by atoms with E-state index in [0.717, 1.165) is 12.1 Å². The first-order chi connectivity index (χ1) is 8.49. The molecule has 1 unspecified atom stereocenters. The number of halogens is 4. The molecule has 0 spiro atoms. The van der Waals surface area contributed by atoms with Gasteiger partial charge in [0.1, 0.15) is 0 Å². The van der Waals surface area contributed by atoms with E-state index in [-0.39, 0.29) is 24.0 Å². The largest absolute Gasteiger partial charge is 0.336 e. The molecule has 1 aliphatic rings. The second kappa shape index (κ2) is 6.25. The Hall–Kier alpha value is -1.27. The molecular weight excluding hydrogens is 281 g/mol. The van der Waals surface area contributed by atoms with E-state index in [2.05, 4.69) is 5.32 Å². The summed E-state index contributed by atoms with van der Waals surface area (Å²) in [4.78, 5) is 13.5. The molecule has 2 rings (SSSR count). The summed E-state index contributed by atoms with van der Waals surface area (Å²) in [6, 6.07) is 1.58. The van der Waals surface area contributed by atoms with Gasteiger partial charge in [-0.2, -0.15) is 0 Å². The predicted molar refractivity (Wildman–Crippen MR) is 66.9 cm³/mol. The van der Waals surface area contributed by atoms with Crippen molar-refractivity contribution in [3.63, 3.8) is 0 Å². The highest BCUT2D eigenvalue weighted by Gasteiger charge is 2.23. The number of piperazine rings is 1. The van der Waals surface area contributed by atoms with Gasteiger partial charge in [-0.25, -0.2) is 13.2 Å². The summed E-state index contributed by atoms with van der Waals surface area (Å²) in [5, 5.41) is 3.15. The zero-order valence-electron chi connectivity index (χ0n) is 10.3. The quantitative estimate of drug-likeness (QED) is 0.803. The molecule has 1 N–H and O–H groups in total. The minimum Gasteiger partial charge on any atom is -0.336 e. The molecule has 19 heavy (non-hydrogen) atoms. The molecule has 3 nitrogen and oxygen atoms in total. The smallest absolute Gasteiger partial charge is 0.254 e. The van der Waals surface area contributed by atoms with Crippen LogP contribution in [0.4, 0.5) is 13.2 Å². The van der Waals surface area contributed by atoms with E-state index in [1.165, 1.54) is 4.90 Å². The van der Waals surface area contributed by atoms with Crippen molar-refractivity contribution in [2.24, 2.45) is 0 Å². The van der Waals surface area contributed by atoms with Gasteiger partial charge in [0, 0.05) is 31.2 Å². The fraction of sp³-hybridized carbons (Fsp3) is 0.417. The number of carbonyl (C=O) groups excluding carboxylic acids is 1. The molecule has 1 aromatic carbocycles. The van der Waals surface area contributed by atoms with Crippen LogP contribution < -0.4 is 5.32 Å². The highest BCUT2D eigenvalue weighted by atomic mass is 35.5. The van der Waals surface area contributed by atoms with Crippen LogP contribution >= 0.6 is 12.4 Å². The molecule has 7 heteroatoms. The number of rotatable bonds is 1. The van der Waals surface area contributed by atoms with E-state index >= 15 is 0 Å². The first-order valence-corrected chi connectivity index (χ1v) is 5.66. The molecule has 1 atom stereocenters. The molecule has 0 bridgehead atoms. The minimum absolute atomic E-state index is 0. The van der Waals surface area contributed by atoms with Crippen molar-refractivity contribution in [2.45, 2.75) is 13.0 Å². The zero-order valence-corrected chi connectivity index (χ0v) is 11.1. The number of nitrogens with zero attached hydrogens (tertiary/aromatic N) is 1. The average molecular weight is 295 g/mol. The van der Waals surface area contributed by atoms with Crippen LogP contribution in [0.3, 0.4) is 0 Å². The van der Waals surface area contributed by atoms with Crippen molar-refractivity contribution in [3.8, 4) is 0 Å². The number of nitrogens with one attached hydrogen (secondary N) is 1. The molecular formula is C12H14ClF3N2O. The maximum Gasteiger partial charge on any atom is 0.254 e. The summed E-state index contributed by atoms with van der Waals surface area (Å²) in [5.41, 5.74) is -0.166. The van der Waals surface area contributed by atoms with Gasteiger partial charge in [0.05, 0.1) is 0 Å². The Labute approximate surface area is 115 Å². The molecule has 1 amide bonds. The summed E-state index contributed by atoms with van der Waals surface area (Å²) in [5.74, 6) is -4.73. The minimum atomic E-state index is -1.56. The maximum atomic E-state index is 13.0. The molecule has 1 fully saturated rings. The lowest BCUT2D eigenvalue weighted by Gasteiger charge is -2.32. The van der Waals surface area contributed by atoms with Crippen LogP contribution in [-0.2, 0) is 0 Å². The molecule has 1 saturated heterocycles. The van der Waals surface area contributed by atoms with Gasteiger partial charge in [0.2, 0.25) is 0 Å². The standard InChI is InChI=1S/C12H13F3N2O.ClH/c1-7-6-17(3-2-16-7)12(18)8-4-9(13)11(15)10(14)5-8;/h4-5,7,16H,2-3,6H2,1H3;1H. The van der Waals surface area contributed by atoms with Crippen molar-refractivity contribution in [1.82, 2.24) is 10.2 Å². The number of carbonyl (C=O) groups is 1. The number of benzene rings is 1. The molecule has 0 aliphatic carbocycles. The topological polar surface area (TPSA) is 32.3 Å². The van der Waals surface area contributed by atoms with Crippen molar-refractivity contribution in [1.29, 1.82) is 0 Å². The Morgan fingerprint density at radius 1 is 1.32 bits per heavy atom. The Morgan fingerprint density at radius 2 is 1.89 bits per heavy atom. The van der Waals surface area contributed by atoms with E-state index < -0.39 is 23.4 Å². The van der Waals surface area contributed by atoms with Crippen LogP contribution in [0, 0.1) is 17.5 Å². The average Bonchev–Trinajstić information content (AvgIpc) is 2.34. The molecule has 0 aromatic heterocycles. The molecule has 1 heterocycles. The first kappa shape index (κ1) is 15.8. The van der Waals surface area contributed by atoms with Gasteiger partial charge in [0.15, 0.2) is 17.5 Å². The number of hydrogen-bond acceptors (Lipinski definition) is 2. The maximum absolute atomic E-state index is 13.0. The van der Waals surface area contributed by atoms with E-state index in [1.54, 1.807) is 0 Å². The van der Waals surface area contributed by atoms with Crippen molar-refractivity contribution in [2.75, 3.05) is 19.6 Å². The van der Waals surface area contributed by atoms with E-state index in [0.29, 0.717) is 19.6 Å². The lowest BCUT2D eigenvalue weighted by Crippen LogP contribution is -2.51. The van der Waals surface area contributed by atoms with Gasteiger partial charge in [-0.1, -0.05) is 0 Å². The Morgan fingerprint density at radius 3 is 2.42 bits per heavy atom. The molecule has 1 aliphatic heterocycles. The summed E-state index contributed by atoms with van der Waals surface area (Å²) < 4.78 is 38.9. The van der Waals surface area contributed by atoms with Gasteiger partial charge in [0.25, 0.3) is 5.91 Å². The Bertz CT molecular complexity index is 461. The van der Waals surface area contributed by atoms with Crippen LogP contribution in [0.2, 0.25) is 0 Å². The second-order valence-corrected chi connectivity index (χ2v) is 4.36.